The van der Waals surface area contributed by atoms with Crippen LogP contribution in [0.15, 0.2) is 77.2 Å². The van der Waals surface area contributed by atoms with E-state index in [0.29, 0.717) is 29.9 Å². The molecule has 4 aromatic rings. The third-order valence-electron chi connectivity index (χ3n) is 5.08. The van der Waals surface area contributed by atoms with Crippen LogP contribution in [0.5, 0.6) is 5.75 Å². The summed E-state index contributed by atoms with van der Waals surface area (Å²) in [6.45, 7) is 0.385. The number of furan rings is 1. The number of methoxy groups -OCH3 is 1. The molecule has 0 saturated carbocycles. The number of nitrogens with two attached hydrogens (primary N) is 1. The highest BCUT2D eigenvalue weighted by atomic mass is 16.5. The van der Waals surface area contributed by atoms with E-state index in [1.54, 1.807) is 31.4 Å². The standard InChI is InChI=1S/C25H22N2O4/c1-30-19-10-11-20-21(15-19)31-23(22(20)17-7-3-2-4-8-17)25(29)27-13-12-16-6-5-9-18(14-16)24(26)28/h2-11,14-15H,12-13H2,1H3,(H2,26,28)(H,27,29). The first-order chi connectivity index (χ1) is 15.1. The average Bonchev–Trinajstić information content (AvgIpc) is 3.18. The molecule has 0 aliphatic heterocycles. The molecule has 1 heterocycles. The van der Waals surface area contributed by atoms with Crippen LogP contribution in [0.25, 0.3) is 22.1 Å². The monoisotopic (exact) mass is 414 g/mol. The van der Waals surface area contributed by atoms with Crippen molar-refractivity contribution >= 4 is 22.8 Å². The molecule has 0 atom stereocenters. The molecule has 156 valence electrons. The number of rotatable bonds is 7. The lowest BCUT2D eigenvalue weighted by molar-refractivity contribution is 0.0928. The van der Waals surface area contributed by atoms with E-state index in [1.165, 1.54) is 0 Å². The molecule has 0 fully saturated rings. The molecule has 4 rings (SSSR count). The Balaban J connectivity index is 1.60. The number of hydrogen-bond donors (Lipinski definition) is 2. The number of primary amides is 1. The number of carbonyl (C=O) groups is 2. The highest BCUT2D eigenvalue weighted by molar-refractivity contribution is 6.08. The van der Waals surface area contributed by atoms with Crippen molar-refractivity contribution < 1.29 is 18.7 Å². The van der Waals surface area contributed by atoms with Gasteiger partial charge in [-0.05, 0) is 41.8 Å². The van der Waals surface area contributed by atoms with Crippen molar-refractivity contribution in [1.82, 2.24) is 5.32 Å². The Labute approximate surface area is 179 Å². The lowest BCUT2D eigenvalue weighted by Gasteiger charge is -2.07. The number of benzene rings is 3. The maximum Gasteiger partial charge on any atom is 0.287 e. The maximum atomic E-state index is 13.0. The van der Waals surface area contributed by atoms with Crippen molar-refractivity contribution in [3.63, 3.8) is 0 Å². The molecular weight excluding hydrogens is 392 g/mol. The first kappa shape index (κ1) is 20.2. The van der Waals surface area contributed by atoms with E-state index in [9.17, 15) is 9.59 Å². The predicted octanol–water partition coefficient (Wildman–Crippen LogP) is 4.18. The summed E-state index contributed by atoms with van der Waals surface area (Å²) in [7, 11) is 1.59. The van der Waals surface area contributed by atoms with Gasteiger partial charge in [0.05, 0.1) is 7.11 Å². The van der Waals surface area contributed by atoms with E-state index in [1.807, 2.05) is 48.5 Å². The second-order valence-corrected chi connectivity index (χ2v) is 7.10. The molecule has 31 heavy (non-hydrogen) atoms. The van der Waals surface area contributed by atoms with E-state index in [0.717, 1.165) is 22.1 Å². The lowest BCUT2D eigenvalue weighted by atomic mass is 10.0. The van der Waals surface area contributed by atoms with Gasteiger partial charge in [0.1, 0.15) is 11.3 Å². The molecule has 1 aromatic heterocycles. The lowest BCUT2D eigenvalue weighted by Crippen LogP contribution is -2.25. The highest BCUT2D eigenvalue weighted by Gasteiger charge is 2.22. The Hall–Kier alpha value is -4.06. The molecular formula is C25H22N2O4. The van der Waals surface area contributed by atoms with E-state index in [4.69, 9.17) is 14.9 Å². The Bertz CT molecular complexity index is 1250. The number of ether oxygens (including phenoxy) is 1. The van der Waals surface area contributed by atoms with Crippen LogP contribution in [0.2, 0.25) is 0 Å². The summed E-state index contributed by atoms with van der Waals surface area (Å²) < 4.78 is 11.2. The van der Waals surface area contributed by atoms with Crippen LogP contribution in [0.4, 0.5) is 0 Å². The van der Waals surface area contributed by atoms with Gasteiger partial charge in [-0.1, -0.05) is 42.5 Å². The number of hydrogen-bond acceptors (Lipinski definition) is 4. The van der Waals surface area contributed by atoms with Gasteiger partial charge >= 0.3 is 0 Å². The summed E-state index contributed by atoms with van der Waals surface area (Å²) in [6, 6.07) is 22.2. The van der Waals surface area contributed by atoms with Crippen LogP contribution in [0.3, 0.4) is 0 Å². The van der Waals surface area contributed by atoms with Gasteiger partial charge in [0.25, 0.3) is 5.91 Å². The highest BCUT2D eigenvalue weighted by Crippen LogP contribution is 2.36. The van der Waals surface area contributed by atoms with Crippen LogP contribution >= 0.6 is 0 Å². The van der Waals surface area contributed by atoms with Crippen molar-refractivity contribution in [2.45, 2.75) is 6.42 Å². The molecule has 6 heteroatoms. The van der Waals surface area contributed by atoms with Gasteiger partial charge in [0, 0.05) is 29.1 Å². The molecule has 3 aromatic carbocycles. The first-order valence-electron chi connectivity index (χ1n) is 9.89. The van der Waals surface area contributed by atoms with Crippen molar-refractivity contribution in [2.75, 3.05) is 13.7 Å². The summed E-state index contributed by atoms with van der Waals surface area (Å²) in [6.07, 6.45) is 0.557. The number of carbonyl (C=O) groups excluding carboxylic acids is 2. The molecule has 0 radical (unpaired) electrons. The molecule has 0 unspecified atom stereocenters. The first-order valence-corrected chi connectivity index (χ1v) is 9.89. The summed E-state index contributed by atoms with van der Waals surface area (Å²) in [4.78, 5) is 24.4. The summed E-state index contributed by atoms with van der Waals surface area (Å²) in [5.74, 6) is 0.124. The van der Waals surface area contributed by atoms with E-state index >= 15 is 0 Å². The minimum Gasteiger partial charge on any atom is -0.497 e. The fourth-order valence-corrected chi connectivity index (χ4v) is 3.54. The van der Waals surface area contributed by atoms with Crippen molar-refractivity contribution in [2.24, 2.45) is 5.73 Å². The molecule has 3 N–H and O–H groups in total. The summed E-state index contributed by atoms with van der Waals surface area (Å²) in [5, 5.41) is 3.75. The van der Waals surface area contributed by atoms with Crippen LogP contribution < -0.4 is 15.8 Å². The van der Waals surface area contributed by atoms with Gasteiger partial charge in [-0.25, -0.2) is 0 Å². The Morgan fingerprint density at radius 1 is 1.00 bits per heavy atom. The molecule has 2 amide bonds. The molecule has 0 aliphatic rings. The van der Waals surface area contributed by atoms with Gasteiger partial charge in [-0.3, -0.25) is 9.59 Å². The van der Waals surface area contributed by atoms with Gasteiger partial charge in [-0.15, -0.1) is 0 Å². The average molecular weight is 414 g/mol. The topological polar surface area (TPSA) is 94.6 Å². The van der Waals surface area contributed by atoms with Crippen molar-refractivity contribution in [3.8, 4) is 16.9 Å². The zero-order chi connectivity index (χ0) is 21.8. The van der Waals surface area contributed by atoms with Crippen LogP contribution in [0, 0.1) is 0 Å². The van der Waals surface area contributed by atoms with E-state index < -0.39 is 5.91 Å². The van der Waals surface area contributed by atoms with Gasteiger partial charge in [-0.2, -0.15) is 0 Å². The van der Waals surface area contributed by atoms with Crippen molar-refractivity contribution in [3.05, 3.63) is 89.7 Å². The number of fused-ring (bicyclic) bond motifs is 1. The zero-order valence-corrected chi connectivity index (χ0v) is 17.1. The van der Waals surface area contributed by atoms with Crippen LogP contribution in [-0.2, 0) is 6.42 Å². The second-order valence-electron chi connectivity index (χ2n) is 7.10. The van der Waals surface area contributed by atoms with Crippen LogP contribution in [0.1, 0.15) is 26.5 Å². The largest absolute Gasteiger partial charge is 0.497 e. The minimum atomic E-state index is -0.476. The second kappa shape index (κ2) is 8.75. The van der Waals surface area contributed by atoms with E-state index in [-0.39, 0.29) is 11.7 Å². The van der Waals surface area contributed by atoms with Gasteiger partial charge in [0.2, 0.25) is 11.7 Å². The number of amides is 2. The van der Waals surface area contributed by atoms with Gasteiger partial charge < -0.3 is 20.2 Å². The van der Waals surface area contributed by atoms with Crippen LogP contribution in [-0.4, -0.2) is 25.5 Å². The van der Waals surface area contributed by atoms with Gasteiger partial charge in [0.15, 0.2) is 0 Å². The zero-order valence-electron chi connectivity index (χ0n) is 17.1. The molecule has 0 spiro atoms. The number of nitrogens with one attached hydrogen (secondary N) is 1. The predicted molar refractivity (Wildman–Crippen MR) is 119 cm³/mol. The SMILES string of the molecule is COc1ccc2c(-c3ccccc3)c(C(=O)NCCc3cccc(C(N)=O)c3)oc2c1. The van der Waals surface area contributed by atoms with E-state index in [2.05, 4.69) is 5.32 Å². The third-order valence-corrected chi connectivity index (χ3v) is 5.08. The summed E-state index contributed by atoms with van der Waals surface area (Å²) in [5.41, 5.74) is 8.91. The molecule has 6 nitrogen and oxygen atoms in total. The molecule has 0 saturated heterocycles. The Morgan fingerprint density at radius 2 is 1.81 bits per heavy atom. The molecule has 0 bridgehead atoms. The normalized spacial score (nSPS) is 10.7. The van der Waals surface area contributed by atoms with Crippen molar-refractivity contribution in [1.29, 1.82) is 0 Å². The fourth-order valence-electron chi connectivity index (χ4n) is 3.54. The summed E-state index contributed by atoms with van der Waals surface area (Å²) >= 11 is 0. The Morgan fingerprint density at radius 3 is 2.55 bits per heavy atom. The minimum absolute atomic E-state index is 0.250. The Kier molecular flexibility index (Phi) is 5.71. The smallest absolute Gasteiger partial charge is 0.287 e. The molecule has 0 aliphatic carbocycles. The third kappa shape index (κ3) is 4.28. The fraction of sp³-hybridized carbons (Fsp3) is 0.120. The quantitative estimate of drug-likeness (QED) is 0.474. The maximum absolute atomic E-state index is 13.0.